The van der Waals surface area contributed by atoms with Crippen molar-refractivity contribution in [2.75, 3.05) is 51.1 Å². The van der Waals surface area contributed by atoms with Crippen molar-refractivity contribution in [3.8, 4) is 0 Å². The Morgan fingerprint density at radius 1 is 1.04 bits per heavy atom. The van der Waals surface area contributed by atoms with Crippen molar-refractivity contribution >= 4 is 22.6 Å². The lowest BCUT2D eigenvalue weighted by Gasteiger charge is -2.21. The summed E-state index contributed by atoms with van der Waals surface area (Å²) in [7, 11) is 0. The zero-order chi connectivity index (χ0) is 18.6. The standard InChI is InChI=1S/C19H32N6O/c20-8-3-11-25(12-4-9-21)13-5-10-22-15-19(26)24-18-14-16-6-1-2-7-17(16)23-18/h1-2,6-7,14,22-23H,3-5,8-13,15,20-21H2,(H,24,26). The summed E-state index contributed by atoms with van der Waals surface area (Å²) < 4.78 is 0. The normalized spacial score (nSPS) is 11.3. The van der Waals surface area contributed by atoms with E-state index in [1.807, 2.05) is 30.3 Å². The molecule has 0 aliphatic carbocycles. The number of aromatic nitrogens is 1. The van der Waals surface area contributed by atoms with E-state index in [1.54, 1.807) is 0 Å². The van der Waals surface area contributed by atoms with Gasteiger partial charge in [-0.1, -0.05) is 18.2 Å². The number of hydrogen-bond acceptors (Lipinski definition) is 5. The van der Waals surface area contributed by atoms with Gasteiger partial charge in [0.25, 0.3) is 0 Å². The van der Waals surface area contributed by atoms with Crippen LogP contribution in [-0.4, -0.2) is 61.6 Å². The lowest BCUT2D eigenvalue weighted by molar-refractivity contribution is -0.115. The van der Waals surface area contributed by atoms with Gasteiger partial charge >= 0.3 is 0 Å². The van der Waals surface area contributed by atoms with Crippen molar-refractivity contribution in [1.82, 2.24) is 15.2 Å². The monoisotopic (exact) mass is 360 g/mol. The van der Waals surface area contributed by atoms with Crippen LogP contribution in [0.2, 0.25) is 0 Å². The van der Waals surface area contributed by atoms with Gasteiger partial charge in [0, 0.05) is 10.9 Å². The molecule has 1 heterocycles. The summed E-state index contributed by atoms with van der Waals surface area (Å²) in [6, 6.07) is 9.90. The van der Waals surface area contributed by atoms with Gasteiger partial charge in [-0.2, -0.15) is 0 Å². The number of rotatable bonds is 13. The number of anilines is 1. The lowest BCUT2D eigenvalue weighted by atomic mass is 10.2. The van der Waals surface area contributed by atoms with E-state index in [9.17, 15) is 4.79 Å². The van der Waals surface area contributed by atoms with Crippen LogP contribution >= 0.6 is 0 Å². The fourth-order valence-corrected chi connectivity index (χ4v) is 2.93. The molecular formula is C19H32N6O. The number of benzene rings is 1. The van der Waals surface area contributed by atoms with E-state index in [0.29, 0.717) is 19.6 Å². The Labute approximate surface area is 155 Å². The molecule has 1 aromatic carbocycles. The van der Waals surface area contributed by atoms with Crippen molar-refractivity contribution < 1.29 is 4.79 Å². The minimum Gasteiger partial charge on any atom is -0.341 e. The van der Waals surface area contributed by atoms with Gasteiger partial charge in [0.1, 0.15) is 5.82 Å². The van der Waals surface area contributed by atoms with Gasteiger partial charge in [-0.25, -0.2) is 0 Å². The van der Waals surface area contributed by atoms with Gasteiger partial charge in [-0.05, 0) is 70.7 Å². The fraction of sp³-hybridized carbons (Fsp3) is 0.526. The average Bonchev–Trinajstić information content (AvgIpc) is 3.05. The first-order chi connectivity index (χ1) is 12.7. The quantitative estimate of drug-likeness (QED) is 0.343. The van der Waals surface area contributed by atoms with Gasteiger partial charge in [0.2, 0.25) is 5.91 Å². The second-order valence-electron chi connectivity index (χ2n) is 6.47. The van der Waals surface area contributed by atoms with Crippen molar-refractivity contribution in [2.24, 2.45) is 11.5 Å². The van der Waals surface area contributed by atoms with E-state index in [1.165, 1.54) is 0 Å². The summed E-state index contributed by atoms with van der Waals surface area (Å²) in [4.78, 5) is 17.6. The number of H-pyrrole nitrogens is 1. The van der Waals surface area contributed by atoms with Gasteiger partial charge in [-0.3, -0.25) is 4.79 Å². The van der Waals surface area contributed by atoms with Crippen LogP contribution in [0.15, 0.2) is 30.3 Å². The Morgan fingerprint density at radius 2 is 1.73 bits per heavy atom. The van der Waals surface area contributed by atoms with Crippen molar-refractivity contribution in [3.63, 3.8) is 0 Å². The number of nitrogens with zero attached hydrogens (tertiary/aromatic N) is 1. The number of amides is 1. The van der Waals surface area contributed by atoms with E-state index < -0.39 is 0 Å². The highest BCUT2D eigenvalue weighted by Gasteiger charge is 2.06. The molecule has 0 saturated carbocycles. The summed E-state index contributed by atoms with van der Waals surface area (Å²) >= 11 is 0. The number of nitrogens with two attached hydrogens (primary N) is 2. The third-order valence-corrected chi connectivity index (χ3v) is 4.27. The highest BCUT2D eigenvalue weighted by atomic mass is 16.1. The highest BCUT2D eigenvalue weighted by Crippen LogP contribution is 2.17. The van der Waals surface area contributed by atoms with E-state index in [0.717, 1.165) is 62.2 Å². The summed E-state index contributed by atoms with van der Waals surface area (Å²) in [5.41, 5.74) is 12.2. The Morgan fingerprint density at radius 3 is 2.42 bits per heavy atom. The first-order valence-corrected chi connectivity index (χ1v) is 9.43. The third-order valence-electron chi connectivity index (χ3n) is 4.27. The Hall–Kier alpha value is -1.93. The molecule has 0 radical (unpaired) electrons. The van der Waals surface area contributed by atoms with Gasteiger partial charge in [-0.15, -0.1) is 0 Å². The molecule has 7 N–H and O–H groups in total. The maximum absolute atomic E-state index is 12.0. The molecule has 0 atom stereocenters. The first-order valence-electron chi connectivity index (χ1n) is 9.43. The van der Waals surface area contributed by atoms with Crippen LogP contribution in [0.4, 0.5) is 5.82 Å². The summed E-state index contributed by atoms with van der Waals surface area (Å²) in [6.07, 6.45) is 3.00. The SMILES string of the molecule is NCCCN(CCCN)CCCNCC(=O)Nc1cc2ccccc2[nH]1. The number of carbonyl (C=O) groups excluding carboxylic acids is 1. The van der Waals surface area contributed by atoms with E-state index in [4.69, 9.17) is 11.5 Å². The van der Waals surface area contributed by atoms with Gasteiger partial charge < -0.3 is 32.0 Å². The fourth-order valence-electron chi connectivity index (χ4n) is 2.93. The number of hydrogen-bond donors (Lipinski definition) is 5. The maximum Gasteiger partial charge on any atom is 0.239 e. The lowest BCUT2D eigenvalue weighted by Crippen LogP contribution is -2.33. The van der Waals surface area contributed by atoms with E-state index >= 15 is 0 Å². The van der Waals surface area contributed by atoms with Crippen molar-refractivity contribution in [1.29, 1.82) is 0 Å². The molecule has 1 amide bonds. The van der Waals surface area contributed by atoms with Crippen LogP contribution in [0.1, 0.15) is 19.3 Å². The molecule has 2 aromatic rings. The molecule has 1 aromatic heterocycles. The van der Waals surface area contributed by atoms with Gasteiger partial charge in [0.05, 0.1) is 6.54 Å². The molecule has 2 rings (SSSR count). The Bertz CT molecular complexity index is 615. The smallest absolute Gasteiger partial charge is 0.239 e. The number of para-hydroxylation sites is 1. The van der Waals surface area contributed by atoms with Crippen LogP contribution in [-0.2, 0) is 4.79 Å². The highest BCUT2D eigenvalue weighted by molar-refractivity contribution is 5.94. The molecule has 144 valence electrons. The Kier molecular flexibility index (Phi) is 9.13. The molecule has 0 unspecified atom stereocenters. The topological polar surface area (TPSA) is 112 Å². The largest absolute Gasteiger partial charge is 0.341 e. The molecule has 7 nitrogen and oxygen atoms in total. The molecule has 0 spiro atoms. The van der Waals surface area contributed by atoms with Crippen LogP contribution in [0.3, 0.4) is 0 Å². The predicted octanol–water partition coefficient (Wildman–Crippen LogP) is 1.09. The summed E-state index contributed by atoms with van der Waals surface area (Å²) in [5, 5.41) is 7.19. The van der Waals surface area contributed by atoms with Crippen LogP contribution < -0.4 is 22.1 Å². The second kappa shape index (κ2) is 11.6. The molecule has 0 saturated heterocycles. The molecule has 0 aliphatic heterocycles. The number of aromatic amines is 1. The number of fused-ring (bicyclic) bond motifs is 1. The zero-order valence-electron chi connectivity index (χ0n) is 15.5. The zero-order valence-corrected chi connectivity index (χ0v) is 15.5. The molecule has 0 aliphatic rings. The number of nitrogens with one attached hydrogen (secondary N) is 3. The Balaban J connectivity index is 1.62. The second-order valence-corrected chi connectivity index (χ2v) is 6.47. The third kappa shape index (κ3) is 7.13. The van der Waals surface area contributed by atoms with E-state index in [2.05, 4.69) is 20.5 Å². The van der Waals surface area contributed by atoms with Crippen molar-refractivity contribution in [2.45, 2.75) is 19.3 Å². The van der Waals surface area contributed by atoms with Crippen LogP contribution in [0, 0.1) is 0 Å². The summed E-state index contributed by atoms with van der Waals surface area (Å²) in [6.45, 7) is 5.56. The molecule has 7 heteroatoms. The number of carbonyl (C=O) groups is 1. The van der Waals surface area contributed by atoms with Crippen LogP contribution in [0.25, 0.3) is 10.9 Å². The average molecular weight is 361 g/mol. The molecular weight excluding hydrogens is 328 g/mol. The molecule has 26 heavy (non-hydrogen) atoms. The first kappa shape index (κ1) is 20.4. The summed E-state index contributed by atoms with van der Waals surface area (Å²) in [5.74, 6) is 0.687. The van der Waals surface area contributed by atoms with E-state index in [-0.39, 0.29) is 5.91 Å². The van der Waals surface area contributed by atoms with Crippen molar-refractivity contribution in [3.05, 3.63) is 30.3 Å². The minimum absolute atomic E-state index is 0.0420. The molecule has 0 fully saturated rings. The minimum atomic E-state index is -0.0420. The maximum atomic E-state index is 12.0. The van der Waals surface area contributed by atoms with Gasteiger partial charge in [0.15, 0.2) is 0 Å². The molecule has 0 bridgehead atoms. The predicted molar refractivity (Wildman–Crippen MR) is 108 cm³/mol. The van der Waals surface area contributed by atoms with Crippen LogP contribution in [0.5, 0.6) is 0 Å².